The number of hydrogen-bond donors (Lipinski definition) is 1. The maximum absolute atomic E-state index is 9.98. The highest BCUT2D eigenvalue weighted by Gasteiger charge is 2.41. The first-order valence-corrected chi connectivity index (χ1v) is 9.58. The van der Waals surface area contributed by atoms with Crippen molar-refractivity contribution in [1.29, 1.82) is 0 Å². The molecule has 106 valence electrons. The van der Waals surface area contributed by atoms with Crippen LogP contribution < -0.4 is 0 Å². The Morgan fingerprint density at radius 3 is 1.50 bits per heavy atom. The quantitative estimate of drug-likeness (QED) is 0.570. The van der Waals surface area contributed by atoms with Crippen molar-refractivity contribution in [3.8, 4) is 11.5 Å². The lowest BCUT2D eigenvalue weighted by Gasteiger charge is -2.38. The van der Waals surface area contributed by atoms with Gasteiger partial charge in [0, 0.05) is 0 Å². The largest absolute Gasteiger partial charge is 0.380 e. The van der Waals surface area contributed by atoms with Gasteiger partial charge >= 0.3 is 0 Å². The van der Waals surface area contributed by atoms with Crippen molar-refractivity contribution in [2.45, 2.75) is 84.5 Å². The zero-order chi connectivity index (χ0) is 14.5. The lowest BCUT2D eigenvalue weighted by molar-refractivity contribution is 0.204. The maximum atomic E-state index is 9.98. The van der Waals surface area contributed by atoms with Crippen LogP contribution >= 0.6 is 0 Å². The SMILES string of the molecule is CC(C)C[C@@H](O)C#C[Si](C(C)C)(C(C)C)C(C)C. The molecule has 0 spiro atoms. The minimum atomic E-state index is -1.66. The number of rotatable bonds is 5. The molecule has 0 unspecified atom stereocenters. The van der Waals surface area contributed by atoms with E-state index in [4.69, 9.17) is 0 Å². The minimum Gasteiger partial charge on any atom is -0.380 e. The second-order valence-electron chi connectivity index (χ2n) is 6.81. The van der Waals surface area contributed by atoms with Gasteiger partial charge in [0.25, 0.3) is 0 Å². The predicted octanol–water partition coefficient (Wildman–Crippen LogP) is 4.61. The van der Waals surface area contributed by atoms with Crippen molar-refractivity contribution < 1.29 is 5.11 Å². The van der Waals surface area contributed by atoms with E-state index < -0.39 is 14.2 Å². The summed E-state index contributed by atoms with van der Waals surface area (Å²) in [5.41, 5.74) is 5.48. The Balaban J connectivity index is 5.19. The zero-order valence-corrected chi connectivity index (χ0v) is 14.5. The van der Waals surface area contributed by atoms with Gasteiger partial charge < -0.3 is 5.11 Å². The molecule has 0 aromatic carbocycles. The molecule has 0 aliphatic carbocycles. The Bertz CT molecular complexity index is 272. The van der Waals surface area contributed by atoms with Gasteiger partial charge in [-0.2, -0.15) is 0 Å². The highest BCUT2D eigenvalue weighted by atomic mass is 28.3. The molecular weight excluding hydrogens is 236 g/mol. The second-order valence-corrected chi connectivity index (χ2v) is 12.4. The van der Waals surface area contributed by atoms with Crippen LogP contribution in [0.25, 0.3) is 0 Å². The van der Waals surface area contributed by atoms with Gasteiger partial charge in [-0.05, 0) is 29.0 Å². The van der Waals surface area contributed by atoms with Crippen LogP contribution in [0.15, 0.2) is 0 Å². The third-order valence-corrected chi connectivity index (χ3v) is 10.3. The average molecular weight is 269 g/mol. The second kappa shape index (κ2) is 7.36. The van der Waals surface area contributed by atoms with E-state index in [0.29, 0.717) is 22.5 Å². The summed E-state index contributed by atoms with van der Waals surface area (Å²) < 4.78 is 0. The van der Waals surface area contributed by atoms with Gasteiger partial charge in [-0.3, -0.25) is 0 Å². The summed E-state index contributed by atoms with van der Waals surface area (Å²) in [6.07, 6.45) is 0.333. The van der Waals surface area contributed by atoms with Crippen molar-refractivity contribution in [3.05, 3.63) is 0 Å². The van der Waals surface area contributed by atoms with Gasteiger partial charge in [-0.15, -0.1) is 5.54 Å². The Labute approximate surface area is 115 Å². The summed E-state index contributed by atoms with van der Waals surface area (Å²) in [4.78, 5) is 0. The van der Waals surface area contributed by atoms with Crippen LogP contribution in [-0.2, 0) is 0 Å². The van der Waals surface area contributed by atoms with Crippen molar-refractivity contribution in [1.82, 2.24) is 0 Å². The van der Waals surface area contributed by atoms with Crippen LogP contribution in [0.1, 0.15) is 61.8 Å². The molecule has 2 heteroatoms. The Hall–Kier alpha value is -0.263. The molecule has 1 nitrogen and oxygen atoms in total. The van der Waals surface area contributed by atoms with E-state index in [1.165, 1.54) is 0 Å². The molecule has 0 heterocycles. The molecule has 0 fully saturated rings. The van der Waals surface area contributed by atoms with Crippen LogP contribution in [0.2, 0.25) is 16.6 Å². The predicted molar refractivity (Wildman–Crippen MR) is 84.3 cm³/mol. The number of aliphatic hydroxyl groups is 1. The van der Waals surface area contributed by atoms with Gasteiger partial charge in [0.2, 0.25) is 0 Å². The molecular formula is C16H32OSi. The van der Waals surface area contributed by atoms with Gasteiger partial charge in [0.1, 0.15) is 14.2 Å². The molecule has 1 N–H and O–H groups in total. The van der Waals surface area contributed by atoms with Crippen LogP contribution in [0, 0.1) is 17.4 Å². The molecule has 0 saturated carbocycles. The van der Waals surface area contributed by atoms with Gasteiger partial charge in [-0.25, -0.2) is 0 Å². The smallest absolute Gasteiger partial charge is 0.146 e. The molecule has 0 aromatic heterocycles. The van der Waals surface area contributed by atoms with E-state index in [-0.39, 0.29) is 0 Å². The zero-order valence-electron chi connectivity index (χ0n) is 13.5. The molecule has 0 radical (unpaired) electrons. The average Bonchev–Trinajstić information content (AvgIpc) is 2.15. The summed E-state index contributed by atoms with van der Waals surface area (Å²) in [5, 5.41) is 9.98. The number of aliphatic hydroxyl groups excluding tert-OH is 1. The molecule has 18 heavy (non-hydrogen) atoms. The minimum absolute atomic E-state index is 0.451. The van der Waals surface area contributed by atoms with E-state index >= 15 is 0 Å². The fraction of sp³-hybridized carbons (Fsp3) is 0.875. The van der Waals surface area contributed by atoms with E-state index in [1.807, 2.05) is 0 Å². The summed E-state index contributed by atoms with van der Waals surface area (Å²) in [6.45, 7) is 18.1. The van der Waals surface area contributed by atoms with E-state index in [1.54, 1.807) is 0 Å². The number of hydrogen-bond acceptors (Lipinski definition) is 1. The lowest BCUT2D eigenvalue weighted by Crippen LogP contribution is -2.43. The van der Waals surface area contributed by atoms with E-state index in [0.717, 1.165) is 6.42 Å². The Kier molecular flexibility index (Phi) is 7.25. The van der Waals surface area contributed by atoms with Crippen molar-refractivity contribution in [2.24, 2.45) is 5.92 Å². The fourth-order valence-electron chi connectivity index (χ4n) is 3.15. The molecule has 0 aromatic rings. The fourth-order valence-corrected chi connectivity index (χ4v) is 8.43. The Morgan fingerprint density at radius 1 is 0.833 bits per heavy atom. The highest BCUT2D eigenvalue weighted by molar-refractivity contribution is 6.90. The molecule has 0 amide bonds. The van der Waals surface area contributed by atoms with Crippen LogP contribution in [0.3, 0.4) is 0 Å². The highest BCUT2D eigenvalue weighted by Crippen LogP contribution is 2.40. The maximum Gasteiger partial charge on any atom is 0.146 e. The van der Waals surface area contributed by atoms with E-state index in [9.17, 15) is 5.11 Å². The van der Waals surface area contributed by atoms with Crippen molar-refractivity contribution in [3.63, 3.8) is 0 Å². The molecule has 0 aliphatic rings. The first-order chi connectivity index (χ1) is 8.14. The van der Waals surface area contributed by atoms with Crippen LogP contribution in [-0.4, -0.2) is 19.3 Å². The van der Waals surface area contributed by atoms with Crippen molar-refractivity contribution in [2.75, 3.05) is 0 Å². The topological polar surface area (TPSA) is 20.2 Å². The van der Waals surface area contributed by atoms with Gasteiger partial charge in [0.05, 0.1) is 0 Å². The normalized spacial score (nSPS) is 14.3. The molecule has 0 saturated heterocycles. The standard InChI is InChI=1S/C16H32OSi/c1-12(2)11-16(17)9-10-18(13(3)4,14(5)6)15(7)8/h12-17H,11H2,1-8H3/t16-/m0/s1. The lowest BCUT2D eigenvalue weighted by atomic mass is 10.1. The van der Waals surface area contributed by atoms with Crippen molar-refractivity contribution >= 4 is 8.07 Å². The van der Waals surface area contributed by atoms with Crippen LogP contribution in [0.4, 0.5) is 0 Å². The molecule has 0 rings (SSSR count). The van der Waals surface area contributed by atoms with Gasteiger partial charge in [0.15, 0.2) is 0 Å². The Morgan fingerprint density at radius 2 is 1.22 bits per heavy atom. The van der Waals surface area contributed by atoms with Crippen LogP contribution in [0.5, 0.6) is 0 Å². The summed E-state index contributed by atoms with van der Waals surface area (Å²) in [7, 11) is -1.66. The third-order valence-electron chi connectivity index (χ3n) is 4.02. The molecule has 1 atom stereocenters. The third kappa shape index (κ3) is 4.44. The monoisotopic (exact) mass is 268 g/mol. The van der Waals surface area contributed by atoms with E-state index in [2.05, 4.69) is 66.9 Å². The summed E-state index contributed by atoms with van der Waals surface area (Å²) in [5.74, 6) is 3.67. The molecule has 0 aliphatic heterocycles. The summed E-state index contributed by atoms with van der Waals surface area (Å²) in [6, 6.07) is 0. The van der Waals surface area contributed by atoms with Gasteiger partial charge in [-0.1, -0.05) is 61.3 Å². The first kappa shape index (κ1) is 17.7. The summed E-state index contributed by atoms with van der Waals surface area (Å²) >= 11 is 0. The molecule has 0 bridgehead atoms. The first-order valence-electron chi connectivity index (χ1n) is 7.35.